The van der Waals surface area contributed by atoms with E-state index in [1.807, 2.05) is 0 Å². The average Bonchev–Trinajstić information content (AvgIpc) is 1.98. The van der Waals surface area contributed by atoms with Crippen molar-refractivity contribution in [2.24, 2.45) is 5.73 Å². The van der Waals surface area contributed by atoms with Crippen LogP contribution in [-0.2, 0) is 9.59 Å². The highest BCUT2D eigenvalue weighted by molar-refractivity contribution is 5.94. The quantitative estimate of drug-likeness (QED) is 0.543. The van der Waals surface area contributed by atoms with Gasteiger partial charge in [0.25, 0.3) is 0 Å². The van der Waals surface area contributed by atoms with Gasteiger partial charge < -0.3 is 11.1 Å². The molecule has 0 saturated carbocycles. The van der Waals surface area contributed by atoms with E-state index in [1.54, 1.807) is 19.9 Å². The first-order chi connectivity index (χ1) is 5.07. The molecular weight excluding hydrogens is 144 g/mol. The molecular formula is C7H12N2O2. The van der Waals surface area contributed by atoms with E-state index in [4.69, 9.17) is 5.73 Å². The molecule has 0 aliphatic carbocycles. The maximum Gasteiger partial charge on any atom is 0.247 e. The minimum atomic E-state index is -0.540. The van der Waals surface area contributed by atoms with Gasteiger partial charge in [0.2, 0.25) is 11.8 Å². The fourth-order valence-electron chi connectivity index (χ4n) is 0.438. The van der Waals surface area contributed by atoms with Crippen molar-refractivity contribution in [2.75, 3.05) is 6.54 Å². The molecule has 2 amide bonds. The van der Waals surface area contributed by atoms with Crippen LogP contribution < -0.4 is 11.1 Å². The molecule has 4 heteroatoms. The largest absolute Gasteiger partial charge is 0.368 e. The van der Waals surface area contributed by atoms with Crippen LogP contribution in [0.25, 0.3) is 0 Å². The van der Waals surface area contributed by atoms with Crippen molar-refractivity contribution in [3.8, 4) is 0 Å². The van der Waals surface area contributed by atoms with Gasteiger partial charge in [0, 0.05) is 5.57 Å². The molecule has 4 nitrogen and oxygen atoms in total. The number of carbonyl (C=O) groups is 2. The third-order valence-electron chi connectivity index (χ3n) is 1.21. The van der Waals surface area contributed by atoms with E-state index in [9.17, 15) is 9.59 Å². The standard InChI is InChI=1S/C7H12N2O2/c1-3-5(2)7(11)9-4-6(8)10/h3H,4H2,1-2H3,(H2,8,10)(H,9,11)/b5-3-. The topological polar surface area (TPSA) is 72.2 Å². The second-order valence-corrected chi connectivity index (χ2v) is 2.12. The van der Waals surface area contributed by atoms with Crippen molar-refractivity contribution in [3.05, 3.63) is 11.6 Å². The van der Waals surface area contributed by atoms with Crippen LogP contribution in [0.2, 0.25) is 0 Å². The van der Waals surface area contributed by atoms with Crippen molar-refractivity contribution < 1.29 is 9.59 Å². The van der Waals surface area contributed by atoms with Crippen molar-refractivity contribution in [3.63, 3.8) is 0 Å². The van der Waals surface area contributed by atoms with Crippen LogP contribution in [0.1, 0.15) is 13.8 Å². The van der Waals surface area contributed by atoms with Gasteiger partial charge in [0.15, 0.2) is 0 Å². The lowest BCUT2D eigenvalue weighted by Gasteiger charge is -2.00. The number of allylic oxidation sites excluding steroid dienone is 1. The first-order valence-corrected chi connectivity index (χ1v) is 3.27. The Hall–Kier alpha value is -1.32. The second-order valence-electron chi connectivity index (χ2n) is 2.12. The highest BCUT2D eigenvalue weighted by atomic mass is 16.2. The van der Waals surface area contributed by atoms with Crippen LogP contribution in [0.4, 0.5) is 0 Å². The molecule has 0 spiro atoms. The van der Waals surface area contributed by atoms with Gasteiger partial charge in [-0.25, -0.2) is 0 Å². The zero-order valence-electron chi connectivity index (χ0n) is 6.68. The summed E-state index contributed by atoms with van der Waals surface area (Å²) in [6.07, 6.45) is 1.66. The molecule has 0 aliphatic rings. The Labute approximate surface area is 65.5 Å². The Morgan fingerprint density at radius 2 is 2.09 bits per heavy atom. The summed E-state index contributed by atoms with van der Waals surface area (Å²) in [7, 11) is 0. The van der Waals surface area contributed by atoms with Crippen molar-refractivity contribution in [1.82, 2.24) is 5.32 Å². The zero-order chi connectivity index (χ0) is 8.85. The van der Waals surface area contributed by atoms with Gasteiger partial charge in [0.05, 0.1) is 6.54 Å². The van der Waals surface area contributed by atoms with Gasteiger partial charge in [-0.05, 0) is 13.8 Å². The molecule has 0 atom stereocenters. The maximum atomic E-state index is 10.9. The summed E-state index contributed by atoms with van der Waals surface area (Å²) >= 11 is 0. The van der Waals surface area contributed by atoms with E-state index >= 15 is 0 Å². The summed E-state index contributed by atoms with van der Waals surface area (Å²) < 4.78 is 0. The van der Waals surface area contributed by atoms with E-state index in [-0.39, 0.29) is 12.5 Å². The normalized spacial score (nSPS) is 10.9. The van der Waals surface area contributed by atoms with Gasteiger partial charge in [-0.2, -0.15) is 0 Å². The summed E-state index contributed by atoms with van der Waals surface area (Å²) in [6.45, 7) is 3.31. The van der Waals surface area contributed by atoms with Gasteiger partial charge in [-0.15, -0.1) is 0 Å². The molecule has 0 aromatic carbocycles. The van der Waals surface area contributed by atoms with E-state index in [2.05, 4.69) is 5.32 Å². The third-order valence-corrected chi connectivity index (χ3v) is 1.21. The fourth-order valence-corrected chi connectivity index (χ4v) is 0.438. The molecule has 0 aliphatic heterocycles. The van der Waals surface area contributed by atoms with Crippen molar-refractivity contribution in [1.29, 1.82) is 0 Å². The first kappa shape index (κ1) is 9.68. The number of rotatable bonds is 3. The SMILES string of the molecule is C/C=C(/C)C(=O)NCC(N)=O. The first-order valence-electron chi connectivity index (χ1n) is 3.27. The molecule has 3 N–H and O–H groups in total. The number of amides is 2. The lowest BCUT2D eigenvalue weighted by molar-refractivity contribution is -0.122. The predicted octanol–water partition coefficient (Wildman–Crippen LogP) is -0.446. The number of primary amides is 1. The summed E-state index contributed by atoms with van der Waals surface area (Å²) in [6, 6.07) is 0. The van der Waals surface area contributed by atoms with Crippen LogP contribution >= 0.6 is 0 Å². The predicted molar refractivity (Wildman–Crippen MR) is 41.6 cm³/mol. The highest BCUT2D eigenvalue weighted by Gasteiger charge is 2.02. The van der Waals surface area contributed by atoms with Crippen LogP contribution in [0, 0.1) is 0 Å². The van der Waals surface area contributed by atoms with E-state index in [1.165, 1.54) is 0 Å². The number of nitrogens with two attached hydrogens (primary N) is 1. The van der Waals surface area contributed by atoms with E-state index in [0.717, 1.165) is 0 Å². The lowest BCUT2D eigenvalue weighted by Crippen LogP contribution is -2.33. The Kier molecular flexibility index (Phi) is 3.95. The summed E-state index contributed by atoms with van der Waals surface area (Å²) in [4.78, 5) is 21.1. The summed E-state index contributed by atoms with van der Waals surface area (Å²) in [5.41, 5.74) is 5.38. The molecule has 0 fully saturated rings. The van der Waals surface area contributed by atoms with Crippen LogP contribution in [-0.4, -0.2) is 18.4 Å². The van der Waals surface area contributed by atoms with Crippen molar-refractivity contribution in [2.45, 2.75) is 13.8 Å². The molecule has 0 saturated heterocycles. The maximum absolute atomic E-state index is 10.9. The number of hydrogen-bond donors (Lipinski definition) is 2. The number of carbonyl (C=O) groups excluding carboxylic acids is 2. The minimum absolute atomic E-state index is 0.107. The molecule has 0 radical (unpaired) electrons. The van der Waals surface area contributed by atoms with Crippen LogP contribution in [0.3, 0.4) is 0 Å². The molecule has 62 valence electrons. The van der Waals surface area contributed by atoms with Gasteiger partial charge >= 0.3 is 0 Å². The molecule has 11 heavy (non-hydrogen) atoms. The Morgan fingerprint density at radius 1 is 1.55 bits per heavy atom. The Bertz CT molecular complexity index is 197. The molecule has 0 bridgehead atoms. The van der Waals surface area contributed by atoms with Crippen LogP contribution in [0.5, 0.6) is 0 Å². The average molecular weight is 156 g/mol. The summed E-state index contributed by atoms with van der Waals surface area (Å²) in [5.74, 6) is -0.798. The van der Waals surface area contributed by atoms with Gasteiger partial charge in [0.1, 0.15) is 0 Å². The number of nitrogens with one attached hydrogen (secondary N) is 1. The molecule has 0 aromatic heterocycles. The fraction of sp³-hybridized carbons (Fsp3) is 0.429. The molecule has 0 rings (SSSR count). The number of hydrogen-bond acceptors (Lipinski definition) is 2. The third kappa shape index (κ3) is 4.13. The Morgan fingerprint density at radius 3 is 2.45 bits per heavy atom. The monoisotopic (exact) mass is 156 g/mol. The highest BCUT2D eigenvalue weighted by Crippen LogP contribution is 1.89. The summed E-state index contributed by atoms with van der Waals surface area (Å²) in [5, 5.41) is 2.35. The lowest BCUT2D eigenvalue weighted by atomic mass is 10.3. The van der Waals surface area contributed by atoms with Crippen LogP contribution in [0.15, 0.2) is 11.6 Å². The second kappa shape index (κ2) is 4.49. The zero-order valence-corrected chi connectivity index (χ0v) is 6.68. The van der Waals surface area contributed by atoms with E-state index < -0.39 is 5.91 Å². The smallest absolute Gasteiger partial charge is 0.247 e. The molecule has 0 aromatic rings. The minimum Gasteiger partial charge on any atom is -0.368 e. The van der Waals surface area contributed by atoms with Gasteiger partial charge in [-0.1, -0.05) is 6.08 Å². The van der Waals surface area contributed by atoms with E-state index in [0.29, 0.717) is 5.57 Å². The molecule has 0 heterocycles. The Balaban J connectivity index is 3.80. The van der Waals surface area contributed by atoms with Gasteiger partial charge in [-0.3, -0.25) is 9.59 Å². The van der Waals surface area contributed by atoms with Crippen molar-refractivity contribution >= 4 is 11.8 Å². The molecule has 0 unspecified atom stereocenters.